The van der Waals surface area contributed by atoms with Gasteiger partial charge >= 0.3 is 0 Å². The molecule has 0 heterocycles. The lowest BCUT2D eigenvalue weighted by Crippen LogP contribution is -2.11. The lowest BCUT2D eigenvalue weighted by atomic mass is 10.3. The summed E-state index contributed by atoms with van der Waals surface area (Å²) >= 11 is 0. The minimum Gasteiger partial charge on any atom is -0.377 e. The van der Waals surface area contributed by atoms with E-state index < -0.39 is 9.05 Å². The predicted molar refractivity (Wildman–Crippen MR) is 53.8 cm³/mol. The van der Waals surface area contributed by atoms with Crippen molar-refractivity contribution in [2.24, 2.45) is 0 Å². The van der Waals surface area contributed by atoms with Gasteiger partial charge in [0.2, 0.25) is 0 Å². The highest BCUT2D eigenvalue weighted by Gasteiger charge is 2.15. The first kappa shape index (κ1) is 10.3. The second kappa shape index (κ2) is 3.55. The molecule has 0 spiro atoms. The Kier molecular flexibility index (Phi) is 2.83. The molecular formula is C8H10ClNO2S. The molecule has 1 aromatic rings. The summed E-state index contributed by atoms with van der Waals surface area (Å²) in [5, 5.41) is 0. The number of hydrogen-bond donors (Lipinski definition) is 0. The van der Waals surface area contributed by atoms with Crippen LogP contribution in [0.1, 0.15) is 0 Å². The van der Waals surface area contributed by atoms with Crippen LogP contribution in [0.2, 0.25) is 0 Å². The van der Waals surface area contributed by atoms with Crippen LogP contribution < -0.4 is 4.90 Å². The van der Waals surface area contributed by atoms with Crippen LogP contribution in [0.5, 0.6) is 0 Å². The van der Waals surface area contributed by atoms with Gasteiger partial charge in [-0.2, -0.15) is 0 Å². The second-order valence-electron chi connectivity index (χ2n) is 2.80. The Morgan fingerprint density at radius 1 is 1.23 bits per heavy atom. The van der Waals surface area contributed by atoms with Crippen LogP contribution in [-0.2, 0) is 9.05 Å². The van der Waals surface area contributed by atoms with Gasteiger partial charge < -0.3 is 4.90 Å². The molecule has 0 atom stereocenters. The van der Waals surface area contributed by atoms with Crippen LogP contribution in [0.15, 0.2) is 29.2 Å². The largest absolute Gasteiger partial charge is 0.377 e. The third kappa shape index (κ3) is 2.35. The lowest BCUT2D eigenvalue weighted by molar-refractivity contribution is 0.609. The topological polar surface area (TPSA) is 37.4 Å². The van der Waals surface area contributed by atoms with E-state index >= 15 is 0 Å². The number of anilines is 1. The van der Waals surface area contributed by atoms with Crippen LogP contribution in [0.4, 0.5) is 5.69 Å². The van der Waals surface area contributed by atoms with Crippen molar-refractivity contribution >= 4 is 25.4 Å². The molecule has 5 heteroatoms. The van der Waals surface area contributed by atoms with Gasteiger partial charge in [0.05, 0.1) is 5.69 Å². The molecule has 13 heavy (non-hydrogen) atoms. The minimum atomic E-state index is -3.65. The highest BCUT2D eigenvalue weighted by Crippen LogP contribution is 2.25. The van der Waals surface area contributed by atoms with E-state index in [0.717, 1.165) is 0 Å². The molecule has 0 fully saturated rings. The Labute approximate surface area is 82.4 Å². The number of rotatable bonds is 2. The summed E-state index contributed by atoms with van der Waals surface area (Å²) in [6, 6.07) is 6.59. The smallest absolute Gasteiger partial charge is 0.263 e. The van der Waals surface area contributed by atoms with Gasteiger partial charge in [0.1, 0.15) is 4.90 Å². The number of nitrogens with zero attached hydrogens (tertiary/aromatic N) is 1. The van der Waals surface area contributed by atoms with E-state index in [2.05, 4.69) is 0 Å². The maximum absolute atomic E-state index is 11.1. The van der Waals surface area contributed by atoms with Crippen molar-refractivity contribution in [2.45, 2.75) is 4.90 Å². The fraction of sp³-hybridized carbons (Fsp3) is 0.250. The molecule has 0 N–H and O–H groups in total. The number of benzene rings is 1. The maximum Gasteiger partial charge on any atom is 0.263 e. The molecule has 0 saturated heterocycles. The van der Waals surface area contributed by atoms with Gasteiger partial charge in [-0.3, -0.25) is 0 Å². The van der Waals surface area contributed by atoms with Crippen LogP contribution >= 0.6 is 10.7 Å². The summed E-state index contributed by atoms with van der Waals surface area (Å²) in [6.45, 7) is 0. The van der Waals surface area contributed by atoms with Gasteiger partial charge in [0, 0.05) is 24.8 Å². The first-order valence-corrected chi connectivity index (χ1v) is 5.95. The lowest BCUT2D eigenvalue weighted by Gasteiger charge is -2.14. The number of para-hydroxylation sites is 1. The van der Waals surface area contributed by atoms with Gasteiger partial charge in [0.15, 0.2) is 0 Å². The zero-order chi connectivity index (χ0) is 10.1. The van der Waals surface area contributed by atoms with Crippen molar-refractivity contribution in [3.8, 4) is 0 Å². The zero-order valence-electron chi connectivity index (χ0n) is 7.36. The molecule has 0 aliphatic heterocycles. The van der Waals surface area contributed by atoms with E-state index in [4.69, 9.17) is 10.7 Å². The molecular weight excluding hydrogens is 210 g/mol. The van der Waals surface area contributed by atoms with Crippen molar-refractivity contribution in [1.82, 2.24) is 0 Å². The summed E-state index contributed by atoms with van der Waals surface area (Å²) in [7, 11) is 5.13. The Morgan fingerprint density at radius 3 is 2.15 bits per heavy atom. The van der Waals surface area contributed by atoms with Gasteiger partial charge in [-0.25, -0.2) is 8.42 Å². The highest BCUT2D eigenvalue weighted by molar-refractivity contribution is 8.13. The van der Waals surface area contributed by atoms with Crippen LogP contribution in [-0.4, -0.2) is 22.5 Å². The first-order chi connectivity index (χ1) is 5.93. The van der Waals surface area contributed by atoms with Crippen molar-refractivity contribution in [3.63, 3.8) is 0 Å². The fourth-order valence-corrected chi connectivity index (χ4v) is 2.17. The summed E-state index contributed by atoms with van der Waals surface area (Å²) in [4.78, 5) is 1.84. The molecule has 0 aromatic heterocycles. The van der Waals surface area contributed by atoms with E-state index in [9.17, 15) is 8.42 Å². The average Bonchev–Trinajstić information content (AvgIpc) is 2.03. The van der Waals surface area contributed by atoms with E-state index in [0.29, 0.717) is 5.69 Å². The molecule has 0 amide bonds. The Hall–Kier alpha value is -0.740. The third-order valence-corrected chi connectivity index (χ3v) is 2.98. The van der Waals surface area contributed by atoms with E-state index in [1.54, 1.807) is 37.2 Å². The maximum atomic E-state index is 11.1. The molecule has 0 unspecified atom stereocenters. The van der Waals surface area contributed by atoms with Crippen LogP contribution in [0, 0.1) is 0 Å². The molecule has 1 rings (SSSR count). The molecule has 0 radical (unpaired) electrons. The molecule has 0 aliphatic rings. The van der Waals surface area contributed by atoms with Gasteiger partial charge in [-0.05, 0) is 12.1 Å². The quantitative estimate of drug-likeness (QED) is 0.711. The highest BCUT2D eigenvalue weighted by atomic mass is 35.7. The van der Waals surface area contributed by atoms with Crippen molar-refractivity contribution < 1.29 is 8.42 Å². The van der Waals surface area contributed by atoms with E-state index in [1.807, 2.05) is 0 Å². The second-order valence-corrected chi connectivity index (χ2v) is 5.33. The molecule has 0 bridgehead atoms. The van der Waals surface area contributed by atoms with E-state index in [-0.39, 0.29) is 4.90 Å². The Morgan fingerprint density at radius 2 is 1.77 bits per heavy atom. The minimum absolute atomic E-state index is 0.140. The molecule has 72 valence electrons. The molecule has 0 aliphatic carbocycles. The van der Waals surface area contributed by atoms with Gasteiger partial charge in [0.25, 0.3) is 9.05 Å². The monoisotopic (exact) mass is 219 g/mol. The summed E-state index contributed by atoms with van der Waals surface area (Å²) in [6.07, 6.45) is 0. The Balaban J connectivity index is 3.37. The fourth-order valence-electron chi connectivity index (χ4n) is 1.03. The summed E-state index contributed by atoms with van der Waals surface area (Å²) in [5.41, 5.74) is 0.595. The normalized spacial score (nSPS) is 11.3. The van der Waals surface area contributed by atoms with Crippen molar-refractivity contribution in [2.75, 3.05) is 19.0 Å². The molecule has 1 aromatic carbocycles. The van der Waals surface area contributed by atoms with Crippen molar-refractivity contribution in [1.29, 1.82) is 0 Å². The number of halogens is 1. The Bertz CT molecular complexity index is 400. The number of hydrogen-bond acceptors (Lipinski definition) is 3. The third-order valence-electron chi connectivity index (χ3n) is 1.61. The van der Waals surface area contributed by atoms with Gasteiger partial charge in [-0.15, -0.1) is 0 Å². The van der Waals surface area contributed by atoms with Gasteiger partial charge in [-0.1, -0.05) is 12.1 Å². The average molecular weight is 220 g/mol. The van der Waals surface area contributed by atoms with E-state index in [1.165, 1.54) is 6.07 Å². The first-order valence-electron chi connectivity index (χ1n) is 3.64. The predicted octanol–water partition coefficient (Wildman–Crippen LogP) is 1.68. The van der Waals surface area contributed by atoms with Crippen LogP contribution in [0.3, 0.4) is 0 Å². The zero-order valence-corrected chi connectivity index (χ0v) is 8.93. The van der Waals surface area contributed by atoms with Crippen LogP contribution in [0.25, 0.3) is 0 Å². The summed E-state index contributed by atoms with van der Waals surface area (Å²) in [5.74, 6) is 0. The standard InChI is InChI=1S/C8H10ClNO2S/c1-10(2)7-5-3-4-6-8(7)13(9,11)12/h3-6H,1-2H3. The SMILES string of the molecule is CN(C)c1ccccc1S(=O)(=O)Cl. The molecule has 0 saturated carbocycles. The van der Waals surface area contributed by atoms with Crippen molar-refractivity contribution in [3.05, 3.63) is 24.3 Å². The molecule has 3 nitrogen and oxygen atoms in total. The summed E-state index contributed by atoms with van der Waals surface area (Å²) < 4.78 is 22.2.